The topological polar surface area (TPSA) is 0 Å². The summed E-state index contributed by atoms with van der Waals surface area (Å²) in [5.41, 5.74) is 1.17. The lowest BCUT2D eigenvalue weighted by Gasteiger charge is -2.13. The maximum absolute atomic E-state index is 3.94. The molecule has 0 spiro atoms. The molecule has 0 radical (unpaired) electrons. The molecule has 1 heteroatoms. The van der Waals surface area contributed by atoms with Crippen LogP contribution in [0.4, 0.5) is 0 Å². The van der Waals surface area contributed by atoms with E-state index < -0.39 is 0 Å². The van der Waals surface area contributed by atoms with E-state index in [4.69, 9.17) is 0 Å². The molecule has 4 aromatic rings. The molecule has 0 nitrogen and oxygen atoms in total. The second kappa shape index (κ2) is 3.82. The van der Waals surface area contributed by atoms with Crippen LogP contribution in [-0.4, -0.2) is 0 Å². The molecular formula is C18H11Br. The summed E-state index contributed by atoms with van der Waals surface area (Å²) in [5, 5.41) is 7.84. The molecule has 19 heavy (non-hydrogen) atoms. The van der Waals surface area contributed by atoms with Gasteiger partial charge in [-0.05, 0) is 43.9 Å². The fourth-order valence-corrected chi connectivity index (χ4v) is 3.63. The SMILES string of the molecule is C=Cc1c(Br)cc2ccc3cccc4ccc1c2c34. The van der Waals surface area contributed by atoms with Gasteiger partial charge >= 0.3 is 0 Å². The maximum Gasteiger partial charge on any atom is 0.0259 e. The minimum Gasteiger partial charge on any atom is -0.0984 e. The van der Waals surface area contributed by atoms with Gasteiger partial charge < -0.3 is 0 Å². The van der Waals surface area contributed by atoms with Crippen molar-refractivity contribution in [3.63, 3.8) is 0 Å². The average Bonchev–Trinajstić information content (AvgIpc) is 2.44. The molecule has 0 aromatic heterocycles. The van der Waals surface area contributed by atoms with E-state index in [9.17, 15) is 0 Å². The van der Waals surface area contributed by atoms with Crippen LogP contribution in [-0.2, 0) is 0 Å². The Kier molecular flexibility index (Phi) is 2.21. The van der Waals surface area contributed by atoms with Crippen molar-refractivity contribution in [1.82, 2.24) is 0 Å². The second-order valence-corrected chi connectivity index (χ2v) is 5.69. The molecule has 0 atom stereocenters. The van der Waals surface area contributed by atoms with Gasteiger partial charge in [-0.3, -0.25) is 0 Å². The Bertz CT molecular complexity index is 919. The van der Waals surface area contributed by atoms with E-state index in [1.807, 2.05) is 6.08 Å². The van der Waals surface area contributed by atoms with Crippen LogP contribution in [0.2, 0.25) is 0 Å². The first-order valence-electron chi connectivity index (χ1n) is 6.28. The van der Waals surface area contributed by atoms with Gasteiger partial charge in [0.1, 0.15) is 0 Å². The van der Waals surface area contributed by atoms with Gasteiger partial charge in [0.25, 0.3) is 0 Å². The van der Waals surface area contributed by atoms with Crippen LogP contribution in [0.25, 0.3) is 38.4 Å². The summed E-state index contributed by atoms with van der Waals surface area (Å²) in [6.07, 6.45) is 1.93. The molecule has 0 heterocycles. The van der Waals surface area contributed by atoms with Crippen molar-refractivity contribution in [3.05, 3.63) is 65.1 Å². The minimum absolute atomic E-state index is 1.10. The third-order valence-corrected chi connectivity index (χ3v) is 4.50. The molecule has 0 saturated heterocycles. The van der Waals surface area contributed by atoms with Crippen molar-refractivity contribution in [2.24, 2.45) is 0 Å². The molecule has 0 N–H and O–H groups in total. The molecule has 0 amide bonds. The van der Waals surface area contributed by atoms with Crippen LogP contribution in [0.15, 0.2) is 59.6 Å². The Morgan fingerprint density at radius 3 is 2.26 bits per heavy atom. The first kappa shape index (κ1) is 11.0. The standard InChI is InChI=1S/C18H11Br/c1-2-14-15-9-8-12-5-3-4-11-6-7-13(10-16(14)19)18(15)17(11)12/h2-10H,1H2. The van der Waals surface area contributed by atoms with Crippen molar-refractivity contribution >= 4 is 54.3 Å². The number of rotatable bonds is 1. The van der Waals surface area contributed by atoms with E-state index in [-0.39, 0.29) is 0 Å². The van der Waals surface area contributed by atoms with Crippen molar-refractivity contribution in [2.45, 2.75) is 0 Å². The molecule has 4 rings (SSSR count). The highest BCUT2D eigenvalue weighted by molar-refractivity contribution is 9.10. The Morgan fingerprint density at radius 1 is 0.842 bits per heavy atom. The summed E-state index contributed by atoms with van der Waals surface area (Å²) in [5.74, 6) is 0. The zero-order valence-corrected chi connectivity index (χ0v) is 11.9. The summed E-state index contributed by atoms with van der Waals surface area (Å²) < 4.78 is 1.10. The molecule has 0 aliphatic carbocycles. The molecule has 4 aromatic carbocycles. The lowest BCUT2D eigenvalue weighted by molar-refractivity contribution is 1.70. The molecule has 90 valence electrons. The molecule has 0 bridgehead atoms. The average molecular weight is 307 g/mol. The number of hydrogen-bond donors (Lipinski definition) is 0. The summed E-state index contributed by atoms with van der Waals surface area (Å²) in [6, 6.07) is 17.5. The highest BCUT2D eigenvalue weighted by Crippen LogP contribution is 2.38. The van der Waals surface area contributed by atoms with Crippen LogP contribution in [0.3, 0.4) is 0 Å². The zero-order valence-electron chi connectivity index (χ0n) is 10.3. The zero-order chi connectivity index (χ0) is 13.0. The van der Waals surface area contributed by atoms with Gasteiger partial charge in [0.05, 0.1) is 0 Å². The number of hydrogen-bond acceptors (Lipinski definition) is 0. The van der Waals surface area contributed by atoms with Crippen LogP contribution in [0, 0.1) is 0 Å². The minimum atomic E-state index is 1.10. The predicted molar refractivity (Wildman–Crippen MR) is 87.9 cm³/mol. The third-order valence-electron chi connectivity index (χ3n) is 3.84. The third kappa shape index (κ3) is 1.39. The summed E-state index contributed by atoms with van der Waals surface area (Å²) in [4.78, 5) is 0. The van der Waals surface area contributed by atoms with Gasteiger partial charge in [-0.25, -0.2) is 0 Å². The lowest BCUT2D eigenvalue weighted by atomic mass is 9.92. The van der Waals surface area contributed by atoms with Crippen molar-refractivity contribution < 1.29 is 0 Å². The van der Waals surface area contributed by atoms with Crippen molar-refractivity contribution in [3.8, 4) is 0 Å². The van der Waals surface area contributed by atoms with Crippen molar-refractivity contribution in [1.29, 1.82) is 0 Å². The van der Waals surface area contributed by atoms with Gasteiger partial charge in [0, 0.05) is 4.47 Å². The van der Waals surface area contributed by atoms with E-state index in [0.717, 1.165) is 4.47 Å². The van der Waals surface area contributed by atoms with Crippen molar-refractivity contribution in [2.75, 3.05) is 0 Å². The first-order chi connectivity index (χ1) is 9.29. The number of benzene rings is 4. The molecule has 0 fully saturated rings. The molecule has 0 aliphatic heterocycles. The first-order valence-corrected chi connectivity index (χ1v) is 7.07. The second-order valence-electron chi connectivity index (χ2n) is 4.83. The molecule has 0 aliphatic rings. The van der Waals surface area contributed by atoms with E-state index >= 15 is 0 Å². The summed E-state index contributed by atoms with van der Waals surface area (Å²) in [7, 11) is 0. The smallest absolute Gasteiger partial charge is 0.0259 e. The van der Waals surface area contributed by atoms with Gasteiger partial charge in [0.15, 0.2) is 0 Å². The Balaban J connectivity index is 2.43. The van der Waals surface area contributed by atoms with Gasteiger partial charge in [0.2, 0.25) is 0 Å². The maximum atomic E-state index is 3.94. The van der Waals surface area contributed by atoms with E-state index in [0.29, 0.717) is 0 Å². The monoisotopic (exact) mass is 306 g/mol. The van der Waals surface area contributed by atoms with Crippen LogP contribution in [0.5, 0.6) is 0 Å². The van der Waals surface area contributed by atoms with E-state index in [2.05, 4.69) is 71.0 Å². The van der Waals surface area contributed by atoms with E-state index in [1.54, 1.807) is 0 Å². The Hall–Kier alpha value is -1.86. The molecule has 0 unspecified atom stereocenters. The Morgan fingerprint density at radius 2 is 1.53 bits per heavy atom. The molecule has 0 saturated carbocycles. The quantitative estimate of drug-likeness (QED) is 0.379. The largest absolute Gasteiger partial charge is 0.0984 e. The highest BCUT2D eigenvalue weighted by atomic mass is 79.9. The van der Waals surface area contributed by atoms with Gasteiger partial charge in [-0.1, -0.05) is 71.0 Å². The van der Waals surface area contributed by atoms with E-state index in [1.165, 1.54) is 37.9 Å². The lowest BCUT2D eigenvalue weighted by Crippen LogP contribution is -1.87. The van der Waals surface area contributed by atoms with Crippen LogP contribution < -0.4 is 0 Å². The van der Waals surface area contributed by atoms with Gasteiger partial charge in [-0.2, -0.15) is 0 Å². The summed E-state index contributed by atoms with van der Waals surface area (Å²) >= 11 is 3.65. The van der Waals surface area contributed by atoms with Crippen LogP contribution in [0.1, 0.15) is 5.56 Å². The fraction of sp³-hybridized carbons (Fsp3) is 0. The predicted octanol–water partition coefficient (Wildman–Crippen LogP) is 5.99. The Labute approximate surface area is 119 Å². The highest BCUT2D eigenvalue weighted by Gasteiger charge is 2.11. The normalized spacial score (nSPS) is 11.6. The molecular weight excluding hydrogens is 296 g/mol. The van der Waals surface area contributed by atoms with Gasteiger partial charge in [-0.15, -0.1) is 0 Å². The van der Waals surface area contributed by atoms with Crippen LogP contribution >= 0.6 is 15.9 Å². The number of halogens is 1. The summed E-state index contributed by atoms with van der Waals surface area (Å²) in [6.45, 7) is 3.94. The fourth-order valence-electron chi connectivity index (χ4n) is 3.00.